The first kappa shape index (κ1) is 7.50. The first-order chi connectivity index (χ1) is 4.52. The van der Waals surface area contributed by atoms with E-state index in [0.29, 0.717) is 13.0 Å². The lowest BCUT2D eigenvalue weighted by Crippen LogP contribution is -2.36. The van der Waals surface area contributed by atoms with Crippen LogP contribution in [0, 0.1) is 5.92 Å². The Bertz CT molecular complexity index is 146. The molecule has 1 fully saturated rings. The monoisotopic (exact) mass is 146 g/mol. The topological polar surface area (TPSA) is 66.8 Å². The molecule has 1 aliphatic heterocycles. The van der Waals surface area contributed by atoms with Gasteiger partial charge in [0.05, 0.1) is 6.61 Å². The summed E-state index contributed by atoms with van der Waals surface area (Å²) in [5.41, 5.74) is 0. The van der Waals surface area contributed by atoms with Gasteiger partial charge in [-0.3, -0.25) is 4.79 Å². The molecule has 1 saturated heterocycles. The van der Waals surface area contributed by atoms with Gasteiger partial charge in [-0.2, -0.15) is 0 Å². The van der Waals surface area contributed by atoms with Crippen LogP contribution in [-0.2, 0) is 9.53 Å². The number of carbonyl (C=O) groups excluding carboxylic acids is 1. The number of ether oxygens (including phenoxy) is 1. The summed E-state index contributed by atoms with van der Waals surface area (Å²) in [5.74, 6) is -3.21. The minimum atomic E-state index is -1.92. The van der Waals surface area contributed by atoms with E-state index in [2.05, 4.69) is 4.74 Å². The van der Waals surface area contributed by atoms with E-state index in [1.54, 1.807) is 0 Å². The highest BCUT2D eigenvalue weighted by atomic mass is 16.6. The SMILES string of the molecule is CC(O)(O)C1CCOC1=O. The van der Waals surface area contributed by atoms with E-state index >= 15 is 0 Å². The molecule has 0 aliphatic carbocycles. The van der Waals surface area contributed by atoms with Gasteiger partial charge >= 0.3 is 5.97 Å². The van der Waals surface area contributed by atoms with Gasteiger partial charge in [0.1, 0.15) is 5.92 Å². The molecule has 0 aromatic heterocycles. The summed E-state index contributed by atoms with van der Waals surface area (Å²) in [5, 5.41) is 17.9. The molecule has 0 radical (unpaired) electrons. The van der Waals surface area contributed by atoms with Gasteiger partial charge in [0.2, 0.25) is 0 Å². The zero-order valence-corrected chi connectivity index (χ0v) is 5.70. The van der Waals surface area contributed by atoms with Gasteiger partial charge in [-0.1, -0.05) is 0 Å². The second kappa shape index (κ2) is 2.21. The molecule has 0 spiro atoms. The summed E-state index contributed by atoms with van der Waals surface area (Å²) >= 11 is 0. The predicted molar refractivity (Wildman–Crippen MR) is 31.9 cm³/mol. The number of aliphatic hydroxyl groups is 2. The van der Waals surface area contributed by atoms with Crippen molar-refractivity contribution in [3.63, 3.8) is 0 Å². The summed E-state index contributed by atoms with van der Waals surface area (Å²) in [6, 6.07) is 0. The fourth-order valence-electron chi connectivity index (χ4n) is 0.993. The molecule has 1 heterocycles. The lowest BCUT2D eigenvalue weighted by molar-refractivity contribution is -0.191. The van der Waals surface area contributed by atoms with Crippen LogP contribution in [0.25, 0.3) is 0 Å². The van der Waals surface area contributed by atoms with Crippen LogP contribution in [0.2, 0.25) is 0 Å². The molecule has 58 valence electrons. The Hall–Kier alpha value is -0.610. The highest BCUT2D eigenvalue weighted by Gasteiger charge is 2.40. The highest BCUT2D eigenvalue weighted by Crippen LogP contribution is 2.24. The van der Waals surface area contributed by atoms with Crippen LogP contribution < -0.4 is 0 Å². The predicted octanol–water partition coefficient (Wildman–Crippen LogP) is -0.750. The molecular weight excluding hydrogens is 136 g/mol. The smallest absolute Gasteiger partial charge is 0.314 e. The van der Waals surface area contributed by atoms with Crippen LogP contribution in [0.15, 0.2) is 0 Å². The number of esters is 1. The summed E-state index contributed by atoms with van der Waals surface area (Å²) in [4.78, 5) is 10.7. The Morgan fingerprint density at radius 1 is 1.70 bits per heavy atom. The minimum absolute atomic E-state index is 0.292. The van der Waals surface area contributed by atoms with Crippen molar-refractivity contribution in [1.82, 2.24) is 0 Å². The Morgan fingerprint density at radius 2 is 2.30 bits per heavy atom. The number of hydrogen-bond acceptors (Lipinski definition) is 4. The van der Waals surface area contributed by atoms with Crippen LogP contribution in [0.3, 0.4) is 0 Å². The summed E-state index contributed by atoms with van der Waals surface area (Å²) in [7, 11) is 0. The van der Waals surface area contributed by atoms with Crippen LogP contribution in [0.1, 0.15) is 13.3 Å². The molecule has 4 heteroatoms. The van der Waals surface area contributed by atoms with Gasteiger partial charge in [0.25, 0.3) is 0 Å². The Morgan fingerprint density at radius 3 is 2.50 bits per heavy atom. The second-order valence-electron chi connectivity index (χ2n) is 2.60. The van der Waals surface area contributed by atoms with E-state index in [-0.39, 0.29) is 0 Å². The molecule has 1 unspecified atom stereocenters. The third-order valence-corrected chi connectivity index (χ3v) is 1.60. The van der Waals surface area contributed by atoms with E-state index in [4.69, 9.17) is 10.2 Å². The molecule has 0 aromatic carbocycles. The van der Waals surface area contributed by atoms with Crippen LogP contribution in [0.4, 0.5) is 0 Å². The summed E-state index contributed by atoms with van der Waals surface area (Å²) in [6.07, 6.45) is 0.391. The Labute approximate surface area is 58.4 Å². The van der Waals surface area contributed by atoms with E-state index in [9.17, 15) is 4.79 Å². The van der Waals surface area contributed by atoms with E-state index in [0.717, 1.165) is 0 Å². The van der Waals surface area contributed by atoms with Gasteiger partial charge in [0.15, 0.2) is 5.79 Å². The van der Waals surface area contributed by atoms with Crippen LogP contribution in [-0.4, -0.2) is 28.6 Å². The molecule has 0 amide bonds. The summed E-state index contributed by atoms with van der Waals surface area (Å²) < 4.78 is 4.53. The minimum Gasteiger partial charge on any atom is -0.465 e. The average molecular weight is 146 g/mol. The normalized spacial score (nSPS) is 26.7. The van der Waals surface area contributed by atoms with E-state index in [1.165, 1.54) is 6.92 Å². The lowest BCUT2D eigenvalue weighted by Gasteiger charge is -2.19. The van der Waals surface area contributed by atoms with Crippen molar-refractivity contribution in [3.05, 3.63) is 0 Å². The van der Waals surface area contributed by atoms with Crippen molar-refractivity contribution >= 4 is 5.97 Å². The number of rotatable bonds is 1. The molecule has 1 rings (SSSR count). The molecule has 10 heavy (non-hydrogen) atoms. The molecule has 0 bridgehead atoms. The van der Waals surface area contributed by atoms with E-state index in [1.807, 2.05) is 0 Å². The Balaban J connectivity index is 2.64. The molecule has 1 atom stereocenters. The highest BCUT2D eigenvalue weighted by molar-refractivity contribution is 5.75. The van der Waals surface area contributed by atoms with Crippen LogP contribution in [0.5, 0.6) is 0 Å². The quantitative estimate of drug-likeness (QED) is 0.377. The molecule has 0 saturated carbocycles. The maximum Gasteiger partial charge on any atom is 0.314 e. The first-order valence-corrected chi connectivity index (χ1v) is 3.13. The van der Waals surface area contributed by atoms with Gasteiger partial charge in [-0.15, -0.1) is 0 Å². The van der Waals surface area contributed by atoms with Crippen molar-refractivity contribution in [3.8, 4) is 0 Å². The Kier molecular flexibility index (Phi) is 1.66. The van der Waals surface area contributed by atoms with Crippen molar-refractivity contribution in [1.29, 1.82) is 0 Å². The molecule has 0 aromatic rings. The van der Waals surface area contributed by atoms with Gasteiger partial charge in [0, 0.05) is 6.42 Å². The number of carbonyl (C=O) groups is 1. The molecular formula is C6H10O4. The van der Waals surface area contributed by atoms with Gasteiger partial charge in [-0.25, -0.2) is 0 Å². The fraction of sp³-hybridized carbons (Fsp3) is 0.833. The largest absolute Gasteiger partial charge is 0.465 e. The van der Waals surface area contributed by atoms with Gasteiger partial charge < -0.3 is 14.9 Å². The van der Waals surface area contributed by atoms with Crippen molar-refractivity contribution in [2.75, 3.05) is 6.61 Å². The molecule has 2 N–H and O–H groups in total. The van der Waals surface area contributed by atoms with Crippen LogP contribution >= 0.6 is 0 Å². The third-order valence-electron chi connectivity index (χ3n) is 1.60. The van der Waals surface area contributed by atoms with Crippen molar-refractivity contribution < 1.29 is 19.7 Å². The maximum atomic E-state index is 10.7. The van der Waals surface area contributed by atoms with Crippen molar-refractivity contribution in [2.24, 2.45) is 5.92 Å². The summed E-state index contributed by atoms with van der Waals surface area (Å²) in [6.45, 7) is 1.48. The maximum absolute atomic E-state index is 10.7. The zero-order chi connectivity index (χ0) is 7.78. The second-order valence-corrected chi connectivity index (χ2v) is 2.60. The molecule has 1 aliphatic rings. The first-order valence-electron chi connectivity index (χ1n) is 3.13. The average Bonchev–Trinajstić information content (AvgIpc) is 2.11. The van der Waals surface area contributed by atoms with Crippen molar-refractivity contribution in [2.45, 2.75) is 19.1 Å². The van der Waals surface area contributed by atoms with E-state index < -0.39 is 17.7 Å². The lowest BCUT2D eigenvalue weighted by atomic mass is 9.99. The zero-order valence-electron chi connectivity index (χ0n) is 5.70. The fourth-order valence-corrected chi connectivity index (χ4v) is 0.993. The number of cyclic esters (lactones) is 1. The standard InChI is InChI=1S/C6H10O4/c1-6(8,9)4-2-3-10-5(4)7/h4,8-9H,2-3H2,1H3. The number of hydrogen-bond donors (Lipinski definition) is 2. The molecule has 4 nitrogen and oxygen atoms in total. The third kappa shape index (κ3) is 1.27. The van der Waals surface area contributed by atoms with Gasteiger partial charge in [-0.05, 0) is 6.92 Å².